The second-order valence-corrected chi connectivity index (χ2v) is 9.75. The van der Waals surface area contributed by atoms with Crippen LogP contribution in [-0.4, -0.2) is 43.5 Å². The molecule has 37 heavy (non-hydrogen) atoms. The number of anilines is 1. The third-order valence-corrected chi connectivity index (χ3v) is 6.75. The van der Waals surface area contributed by atoms with E-state index in [2.05, 4.69) is 26.9 Å². The standard InChI is InChI=1S/C24H24FN5O6S/c1-14-5-6-18(34-3)21(7-14)37(32,33)29-23-22-19(35-4)8-16(9-20(22)36-28-23)12-30-13-17(11-27-30)10-26-24(31)15(2)25/h5-9,11,13H,2,10,12H2,1,3-4H3,(H,26,31)(H,28,29). The summed E-state index contributed by atoms with van der Waals surface area (Å²) >= 11 is 0. The number of methoxy groups -OCH3 is 2. The molecule has 194 valence electrons. The Hall–Kier alpha value is -4.39. The van der Waals surface area contributed by atoms with Crippen LogP contribution in [0.5, 0.6) is 11.5 Å². The number of aryl methyl sites for hydroxylation is 1. The van der Waals surface area contributed by atoms with Gasteiger partial charge in [0, 0.05) is 18.3 Å². The Morgan fingerprint density at radius 2 is 1.92 bits per heavy atom. The lowest BCUT2D eigenvalue weighted by Gasteiger charge is -2.12. The number of halogens is 1. The quantitative estimate of drug-likeness (QED) is 0.299. The molecular formula is C24H24FN5O6S. The van der Waals surface area contributed by atoms with Gasteiger partial charge in [0.15, 0.2) is 17.2 Å². The third-order valence-electron chi connectivity index (χ3n) is 5.39. The maximum Gasteiger partial charge on any atom is 0.279 e. The van der Waals surface area contributed by atoms with E-state index in [-0.39, 0.29) is 23.0 Å². The Morgan fingerprint density at radius 1 is 1.16 bits per heavy atom. The first kappa shape index (κ1) is 25.7. The second kappa shape index (κ2) is 10.3. The van der Waals surface area contributed by atoms with Crippen molar-refractivity contribution >= 4 is 32.7 Å². The SMILES string of the molecule is C=C(F)C(=O)NCc1cnn(Cc2cc(OC)c3c(NS(=O)(=O)c4cc(C)ccc4OC)noc3c2)c1. The number of fused-ring (bicyclic) bond motifs is 1. The molecule has 0 saturated carbocycles. The van der Waals surface area contributed by atoms with Crippen molar-refractivity contribution in [3.63, 3.8) is 0 Å². The Balaban J connectivity index is 1.59. The molecular weight excluding hydrogens is 505 g/mol. The summed E-state index contributed by atoms with van der Waals surface area (Å²) in [5, 5.41) is 10.9. The molecule has 11 nitrogen and oxygen atoms in total. The summed E-state index contributed by atoms with van der Waals surface area (Å²) in [5.41, 5.74) is 2.42. The van der Waals surface area contributed by atoms with E-state index in [1.807, 2.05) is 0 Å². The van der Waals surface area contributed by atoms with Crippen LogP contribution < -0.4 is 19.5 Å². The van der Waals surface area contributed by atoms with E-state index in [0.29, 0.717) is 28.8 Å². The van der Waals surface area contributed by atoms with Gasteiger partial charge in [-0.05, 0) is 42.3 Å². The summed E-state index contributed by atoms with van der Waals surface area (Å²) in [6.07, 6.45) is 3.23. The maximum absolute atomic E-state index is 13.1. The molecule has 0 aliphatic rings. The van der Waals surface area contributed by atoms with Gasteiger partial charge in [-0.3, -0.25) is 14.2 Å². The van der Waals surface area contributed by atoms with E-state index in [1.165, 1.54) is 26.5 Å². The Bertz CT molecular complexity index is 1590. The van der Waals surface area contributed by atoms with Crippen LogP contribution in [-0.2, 0) is 27.9 Å². The average molecular weight is 530 g/mol. The predicted octanol–water partition coefficient (Wildman–Crippen LogP) is 3.30. The Morgan fingerprint density at radius 3 is 2.62 bits per heavy atom. The fourth-order valence-electron chi connectivity index (χ4n) is 3.64. The predicted molar refractivity (Wildman–Crippen MR) is 133 cm³/mol. The number of benzene rings is 2. The fourth-order valence-corrected chi connectivity index (χ4v) is 4.90. The fraction of sp³-hybridized carbons (Fsp3) is 0.208. The Kier molecular flexibility index (Phi) is 7.16. The molecule has 0 atom stereocenters. The zero-order chi connectivity index (χ0) is 26.7. The van der Waals surface area contributed by atoms with Crippen LogP contribution in [0, 0.1) is 6.92 Å². The summed E-state index contributed by atoms with van der Waals surface area (Å²) in [4.78, 5) is 11.3. The van der Waals surface area contributed by atoms with E-state index in [4.69, 9.17) is 14.0 Å². The second-order valence-electron chi connectivity index (χ2n) is 8.10. The van der Waals surface area contributed by atoms with Crippen LogP contribution in [0.4, 0.5) is 10.2 Å². The molecule has 0 bridgehead atoms. The largest absolute Gasteiger partial charge is 0.496 e. The minimum Gasteiger partial charge on any atom is -0.496 e. The van der Waals surface area contributed by atoms with Crippen LogP contribution in [0.3, 0.4) is 0 Å². The molecule has 4 rings (SSSR count). The highest BCUT2D eigenvalue weighted by Crippen LogP contribution is 2.36. The first-order chi connectivity index (χ1) is 17.6. The smallest absolute Gasteiger partial charge is 0.279 e. The zero-order valence-electron chi connectivity index (χ0n) is 20.2. The van der Waals surface area contributed by atoms with Crippen molar-refractivity contribution in [3.8, 4) is 11.5 Å². The van der Waals surface area contributed by atoms with E-state index in [0.717, 1.165) is 11.1 Å². The molecule has 0 saturated heterocycles. The molecule has 0 radical (unpaired) electrons. The summed E-state index contributed by atoms with van der Waals surface area (Å²) in [7, 11) is -1.23. The molecule has 0 spiro atoms. The lowest BCUT2D eigenvalue weighted by Crippen LogP contribution is -2.22. The molecule has 0 aliphatic carbocycles. The van der Waals surface area contributed by atoms with Crippen LogP contribution in [0.1, 0.15) is 16.7 Å². The molecule has 0 fully saturated rings. The van der Waals surface area contributed by atoms with Crippen molar-refractivity contribution in [2.24, 2.45) is 0 Å². The number of amides is 1. The van der Waals surface area contributed by atoms with E-state index < -0.39 is 21.8 Å². The number of nitrogens with zero attached hydrogens (tertiary/aromatic N) is 3. The van der Waals surface area contributed by atoms with Gasteiger partial charge in [0.2, 0.25) is 0 Å². The van der Waals surface area contributed by atoms with Gasteiger partial charge in [-0.15, -0.1) is 0 Å². The highest BCUT2D eigenvalue weighted by Gasteiger charge is 2.24. The first-order valence-electron chi connectivity index (χ1n) is 10.9. The molecule has 2 heterocycles. The number of hydrogen-bond donors (Lipinski definition) is 2. The van der Waals surface area contributed by atoms with Crippen LogP contribution >= 0.6 is 0 Å². The average Bonchev–Trinajstić information content (AvgIpc) is 3.48. The first-order valence-corrected chi connectivity index (χ1v) is 12.4. The number of carbonyl (C=O) groups is 1. The van der Waals surface area contributed by atoms with E-state index in [9.17, 15) is 17.6 Å². The molecule has 0 aliphatic heterocycles. The van der Waals surface area contributed by atoms with Gasteiger partial charge >= 0.3 is 0 Å². The summed E-state index contributed by atoms with van der Waals surface area (Å²) in [5.74, 6) is -1.47. The van der Waals surface area contributed by atoms with Crippen molar-refractivity contribution in [1.29, 1.82) is 0 Å². The number of aromatic nitrogens is 3. The lowest BCUT2D eigenvalue weighted by atomic mass is 10.1. The van der Waals surface area contributed by atoms with Crippen molar-refractivity contribution in [2.75, 3.05) is 18.9 Å². The highest BCUT2D eigenvalue weighted by atomic mass is 32.2. The molecule has 13 heteroatoms. The van der Waals surface area contributed by atoms with Crippen LogP contribution in [0.2, 0.25) is 0 Å². The lowest BCUT2D eigenvalue weighted by molar-refractivity contribution is -0.119. The minimum absolute atomic E-state index is 0.0338. The number of rotatable bonds is 10. The molecule has 2 aromatic heterocycles. The molecule has 2 N–H and O–H groups in total. The summed E-state index contributed by atoms with van der Waals surface area (Å²) in [6, 6.07) is 8.21. The van der Waals surface area contributed by atoms with E-state index in [1.54, 1.807) is 42.1 Å². The topological polar surface area (TPSA) is 138 Å². The normalized spacial score (nSPS) is 11.4. The molecule has 2 aromatic carbocycles. The summed E-state index contributed by atoms with van der Waals surface area (Å²) in [6.45, 7) is 5.11. The van der Waals surface area contributed by atoms with Gasteiger partial charge in [-0.2, -0.15) is 5.10 Å². The van der Waals surface area contributed by atoms with Crippen molar-refractivity contribution in [3.05, 3.63) is 71.8 Å². The van der Waals surface area contributed by atoms with E-state index >= 15 is 0 Å². The van der Waals surface area contributed by atoms with Crippen molar-refractivity contribution < 1.29 is 31.6 Å². The van der Waals surface area contributed by atoms with Crippen LogP contribution in [0.15, 0.2) is 64.5 Å². The highest BCUT2D eigenvalue weighted by molar-refractivity contribution is 7.92. The number of carbonyl (C=O) groups excluding carboxylic acids is 1. The van der Waals surface area contributed by atoms with Gasteiger partial charge in [-0.25, -0.2) is 12.8 Å². The van der Waals surface area contributed by atoms with Gasteiger partial charge < -0.3 is 19.3 Å². The maximum atomic E-state index is 13.1. The monoisotopic (exact) mass is 529 g/mol. The Labute approximate surface area is 211 Å². The number of ether oxygens (including phenoxy) is 2. The number of nitrogens with one attached hydrogen (secondary N) is 2. The number of hydrogen-bond acceptors (Lipinski definition) is 8. The molecule has 0 unspecified atom stereocenters. The van der Waals surface area contributed by atoms with Gasteiger partial charge in [0.25, 0.3) is 15.9 Å². The molecule has 1 amide bonds. The zero-order valence-corrected chi connectivity index (χ0v) is 21.1. The third kappa shape index (κ3) is 5.56. The van der Waals surface area contributed by atoms with Gasteiger partial charge in [-0.1, -0.05) is 17.8 Å². The molecule has 4 aromatic rings. The van der Waals surface area contributed by atoms with Crippen molar-refractivity contribution in [1.82, 2.24) is 20.3 Å². The number of sulfonamides is 1. The van der Waals surface area contributed by atoms with Crippen LogP contribution in [0.25, 0.3) is 11.0 Å². The van der Waals surface area contributed by atoms with Gasteiger partial charge in [0.05, 0.1) is 27.0 Å². The van der Waals surface area contributed by atoms with Crippen molar-refractivity contribution in [2.45, 2.75) is 24.9 Å². The summed E-state index contributed by atoms with van der Waals surface area (Å²) < 4.78 is 59.3. The van der Waals surface area contributed by atoms with Gasteiger partial charge in [0.1, 0.15) is 21.8 Å². The minimum atomic E-state index is -4.06.